The maximum Gasteiger partial charge on any atom is 0.323 e. The fourth-order valence-corrected chi connectivity index (χ4v) is 2.90. The molecule has 4 rings (SSSR count). The van der Waals surface area contributed by atoms with Gasteiger partial charge in [-0.05, 0) is 37.3 Å². The molecule has 0 bridgehead atoms. The molecule has 8 heteroatoms. The van der Waals surface area contributed by atoms with Crippen molar-refractivity contribution in [2.45, 2.75) is 6.92 Å². The first kappa shape index (κ1) is 16.6. The molecule has 0 saturated heterocycles. The molecular weight excluding hydrogens is 346 g/mol. The average molecular weight is 363 g/mol. The van der Waals surface area contributed by atoms with Crippen LogP contribution >= 0.6 is 0 Å². The second kappa shape index (κ2) is 6.49. The van der Waals surface area contributed by atoms with Crippen molar-refractivity contribution in [3.8, 4) is 11.5 Å². The van der Waals surface area contributed by atoms with Crippen LogP contribution in [-0.2, 0) is 7.05 Å². The third-order valence-corrected chi connectivity index (χ3v) is 4.07. The van der Waals surface area contributed by atoms with Crippen LogP contribution in [0.5, 0.6) is 11.5 Å². The standard InChI is InChI=1S/C19H17N5O3/c1-11-9-15(24(2)23-11)18(25)20-12-5-3-6-13(10-12)27-16-8-4-7-14-17(16)22-19(26)21-14/h3-10H,1-2H3,(H,20,25)(H2,21,22,26). The van der Waals surface area contributed by atoms with Crippen LogP contribution in [0.4, 0.5) is 5.69 Å². The van der Waals surface area contributed by atoms with Crippen molar-refractivity contribution in [3.63, 3.8) is 0 Å². The van der Waals surface area contributed by atoms with Gasteiger partial charge in [0.15, 0.2) is 5.75 Å². The molecule has 4 aromatic rings. The topological polar surface area (TPSA) is 105 Å². The molecule has 1 amide bonds. The average Bonchev–Trinajstić information content (AvgIpc) is 3.17. The lowest BCUT2D eigenvalue weighted by Crippen LogP contribution is -2.16. The van der Waals surface area contributed by atoms with Crippen molar-refractivity contribution < 1.29 is 9.53 Å². The maximum absolute atomic E-state index is 12.4. The summed E-state index contributed by atoms with van der Waals surface area (Å²) in [6.07, 6.45) is 0. The molecule has 0 unspecified atom stereocenters. The fourth-order valence-electron chi connectivity index (χ4n) is 2.90. The number of rotatable bonds is 4. The lowest BCUT2D eigenvalue weighted by atomic mass is 10.2. The smallest absolute Gasteiger partial charge is 0.323 e. The molecule has 0 spiro atoms. The SMILES string of the molecule is Cc1cc(C(=O)Nc2cccc(Oc3cccc4[nH]c(=O)[nH]c34)c2)n(C)n1. The molecule has 2 aromatic carbocycles. The number of amides is 1. The molecule has 0 saturated carbocycles. The molecule has 27 heavy (non-hydrogen) atoms. The lowest BCUT2D eigenvalue weighted by Gasteiger charge is -2.09. The molecule has 0 radical (unpaired) electrons. The number of aromatic nitrogens is 4. The Morgan fingerprint density at radius 2 is 1.96 bits per heavy atom. The zero-order chi connectivity index (χ0) is 19.0. The summed E-state index contributed by atoms with van der Waals surface area (Å²) in [4.78, 5) is 29.4. The second-order valence-electron chi connectivity index (χ2n) is 6.14. The molecule has 0 aliphatic rings. The summed E-state index contributed by atoms with van der Waals surface area (Å²) in [5.74, 6) is 0.785. The third-order valence-electron chi connectivity index (χ3n) is 4.07. The van der Waals surface area contributed by atoms with Gasteiger partial charge in [0, 0.05) is 18.8 Å². The van der Waals surface area contributed by atoms with E-state index >= 15 is 0 Å². The summed E-state index contributed by atoms with van der Waals surface area (Å²) in [7, 11) is 1.72. The Hall–Kier alpha value is -3.81. The van der Waals surface area contributed by atoms with Gasteiger partial charge in [0.25, 0.3) is 5.91 Å². The highest BCUT2D eigenvalue weighted by Crippen LogP contribution is 2.28. The molecule has 136 valence electrons. The van der Waals surface area contributed by atoms with Gasteiger partial charge >= 0.3 is 5.69 Å². The van der Waals surface area contributed by atoms with E-state index < -0.39 is 0 Å². The van der Waals surface area contributed by atoms with Crippen LogP contribution in [0.2, 0.25) is 0 Å². The summed E-state index contributed by atoms with van der Waals surface area (Å²) in [5, 5.41) is 7.01. The van der Waals surface area contributed by atoms with Crippen molar-refractivity contribution in [1.82, 2.24) is 19.7 Å². The predicted octanol–water partition coefficient (Wildman–Crippen LogP) is 2.94. The van der Waals surface area contributed by atoms with Crippen LogP contribution in [0.15, 0.2) is 53.3 Å². The van der Waals surface area contributed by atoms with Gasteiger partial charge in [-0.15, -0.1) is 0 Å². The fraction of sp³-hybridized carbons (Fsp3) is 0.105. The van der Waals surface area contributed by atoms with E-state index in [9.17, 15) is 9.59 Å². The molecule has 0 atom stereocenters. The highest BCUT2D eigenvalue weighted by Gasteiger charge is 2.13. The summed E-state index contributed by atoms with van der Waals surface area (Å²) >= 11 is 0. The van der Waals surface area contributed by atoms with Gasteiger partial charge in [-0.1, -0.05) is 12.1 Å². The maximum atomic E-state index is 12.4. The zero-order valence-corrected chi connectivity index (χ0v) is 14.7. The van der Waals surface area contributed by atoms with Gasteiger partial charge in [-0.2, -0.15) is 5.10 Å². The highest BCUT2D eigenvalue weighted by atomic mass is 16.5. The van der Waals surface area contributed by atoms with E-state index in [-0.39, 0.29) is 11.6 Å². The monoisotopic (exact) mass is 363 g/mol. The number of ether oxygens (including phenoxy) is 1. The number of carbonyl (C=O) groups is 1. The minimum absolute atomic E-state index is 0.257. The molecule has 2 heterocycles. The number of nitrogens with zero attached hydrogens (tertiary/aromatic N) is 2. The molecule has 0 aliphatic carbocycles. The molecule has 2 aromatic heterocycles. The number of aromatic amines is 2. The Morgan fingerprint density at radius 1 is 1.15 bits per heavy atom. The number of aryl methyl sites for hydroxylation is 2. The van der Waals surface area contributed by atoms with E-state index in [1.54, 1.807) is 55.6 Å². The lowest BCUT2D eigenvalue weighted by molar-refractivity contribution is 0.101. The predicted molar refractivity (Wildman–Crippen MR) is 101 cm³/mol. The molecule has 0 fully saturated rings. The van der Waals surface area contributed by atoms with Crippen molar-refractivity contribution in [2.75, 3.05) is 5.32 Å². The largest absolute Gasteiger partial charge is 0.455 e. The van der Waals surface area contributed by atoms with Crippen LogP contribution in [-0.4, -0.2) is 25.7 Å². The van der Waals surface area contributed by atoms with Gasteiger partial charge in [0.05, 0.1) is 11.2 Å². The minimum atomic E-state index is -0.298. The summed E-state index contributed by atoms with van der Waals surface area (Å²) in [6, 6.07) is 14.1. The summed E-state index contributed by atoms with van der Waals surface area (Å²) in [5.41, 5.74) is 2.78. The van der Waals surface area contributed by atoms with Crippen molar-refractivity contribution >= 4 is 22.6 Å². The van der Waals surface area contributed by atoms with Crippen LogP contribution in [0.25, 0.3) is 11.0 Å². The number of nitrogens with one attached hydrogen (secondary N) is 3. The van der Waals surface area contributed by atoms with Crippen LogP contribution < -0.4 is 15.7 Å². The zero-order valence-electron chi connectivity index (χ0n) is 14.7. The van der Waals surface area contributed by atoms with Crippen molar-refractivity contribution in [3.05, 3.63) is 70.4 Å². The van der Waals surface area contributed by atoms with Crippen LogP contribution in [0, 0.1) is 6.92 Å². The number of hydrogen-bond acceptors (Lipinski definition) is 4. The first-order chi connectivity index (χ1) is 13.0. The number of imidazole rings is 1. The minimum Gasteiger partial charge on any atom is -0.455 e. The first-order valence-electron chi connectivity index (χ1n) is 8.30. The molecule has 0 aliphatic heterocycles. The van der Waals surface area contributed by atoms with Crippen molar-refractivity contribution in [2.24, 2.45) is 7.05 Å². The normalized spacial score (nSPS) is 10.9. The van der Waals surface area contributed by atoms with Crippen LogP contribution in [0.1, 0.15) is 16.2 Å². The van der Waals surface area contributed by atoms with Gasteiger partial charge in [-0.25, -0.2) is 4.79 Å². The Labute approximate surface area is 153 Å². The van der Waals surface area contributed by atoms with E-state index in [0.717, 1.165) is 5.69 Å². The van der Waals surface area contributed by atoms with E-state index in [4.69, 9.17) is 4.74 Å². The van der Waals surface area contributed by atoms with Crippen LogP contribution in [0.3, 0.4) is 0 Å². The first-order valence-corrected chi connectivity index (χ1v) is 8.30. The number of benzene rings is 2. The highest BCUT2D eigenvalue weighted by molar-refractivity contribution is 6.03. The Morgan fingerprint density at radius 3 is 2.74 bits per heavy atom. The van der Waals surface area contributed by atoms with E-state index in [1.807, 2.05) is 6.92 Å². The molecule has 8 nitrogen and oxygen atoms in total. The Bertz CT molecular complexity index is 1200. The second-order valence-corrected chi connectivity index (χ2v) is 6.14. The van der Waals surface area contributed by atoms with E-state index in [0.29, 0.717) is 33.9 Å². The third kappa shape index (κ3) is 3.32. The van der Waals surface area contributed by atoms with Gasteiger partial charge in [0.2, 0.25) is 0 Å². The Kier molecular flexibility index (Phi) is 4.00. The number of carbonyl (C=O) groups excluding carboxylic acids is 1. The van der Waals surface area contributed by atoms with Crippen molar-refractivity contribution in [1.29, 1.82) is 0 Å². The quantitative estimate of drug-likeness (QED) is 0.518. The number of para-hydroxylation sites is 1. The van der Waals surface area contributed by atoms with Gasteiger partial charge < -0.3 is 20.0 Å². The number of H-pyrrole nitrogens is 2. The van der Waals surface area contributed by atoms with E-state index in [2.05, 4.69) is 20.4 Å². The van der Waals surface area contributed by atoms with Gasteiger partial charge in [0.1, 0.15) is 17.0 Å². The Balaban J connectivity index is 1.58. The summed E-state index contributed by atoms with van der Waals surface area (Å²) < 4.78 is 7.44. The number of hydrogen-bond donors (Lipinski definition) is 3. The van der Waals surface area contributed by atoms with Gasteiger partial charge in [-0.3, -0.25) is 9.48 Å². The number of anilines is 1. The number of fused-ring (bicyclic) bond motifs is 1. The van der Waals surface area contributed by atoms with E-state index in [1.165, 1.54) is 4.68 Å². The summed E-state index contributed by atoms with van der Waals surface area (Å²) in [6.45, 7) is 1.83. The molecular formula is C19H17N5O3. The molecule has 3 N–H and O–H groups in total.